The van der Waals surface area contributed by atoms with Crippen molar-refractivity contribution in [3.05, 3.63) is 176 Å². The first-order chi connectivity index (χ1) is 26.3. The van der Waals surface area contributed by atoms with Crippen LogP contribution in [0.5, 0.6) is 0 Å². The number of nitrogens with zero attached hydrogens (tertiary/aromatic N) is 7. The molecule has 11 rings (SSSR count). The Morgan fingerprint density at radius 2 is 0.981 bits per heavy atom. The van der Waals surface area contributed by atoms with Gasteiger partial charge in [-0.1, -0.05) is 109 Å². The van der Waals surface area contributed by atoms with Crippen molar-refractivity contribution >= 4 is 54.6 Å². The van der Waals surface area contributed by atoms with Gasteiger partial charge in [0.25, 0.3) is 0 Å². The van der Waals surface area contributed by atoms with Crippen LogP contribution in [-0.4, -0.2) is 33.6 Å². The third kappa shape index (κ3) is 4.34. The fourth-order valence-electron chi connectivity index (χ4n) is 8.01. The molecule has 0 fully saturated rings. The Morgan fingerprint density at radius 3 is 1.68 bits per heavy atom. The predicted octanol–water partition coefficient (Wildman–Crippen LogP) is 10.7. The molecule has 0 N–H and O–H groups in total. The van der Waals surface area contributed by atoms with E-state index in [2.05, 4.69) is 152 Å². The number of fused-ring (bicyclic) bond motifs is 10. The van der Waals surface area contributed by atoms with E-state index in [1.54, 1.807) is 6.20 Å². The fourth-order valence-corrected chi connectivity index (χ4v) is 8.01. The summed E-state index contributed by atoms with van der Waals surface area (Å²) in [5.74, 6) is 1.42. The van der Waals surface area contributed by atoms with Gasteiger partial charge in [0.2, 0.25) is 5.95 Å². The van der Waals surface area contributed by atoms with Gasteiger partial charge in [-0.05, 0) is 54.6 Å². The molecular formula is C46H29N7. The molecule has 7 nitrogen and oxygen atoms in total. The third-order valence-corrected chi connectivity index (χ3v) is 10.2. The van der Waals surface area contributed by atoms with Crippen LogP contribution in [0.2, 0.25) is 0 Å². The minimum Gasteiger partial charge on any atom is -0.308 e. The summed E-state index contributed by atoms with van der Waals surface area (Å²) in [5, 5.41) is 4.45. The van der Waals surface area contributed by atoms with Crippen LogP contribution in [0.15, 0.2) is 176 Å². The molecule has 0 amide bonds. The second kappa shape index (κ2) is 11.6. The van der Waals surface area contributed by atoms with Gasteiger partial charge < -0.3 is 4.57 Å². The van der Waals surface area contributed by atoms with Gasteiger partial charge in [-0.2, -0.15) is 0 Å². The largest absolute Gasteiger partial charge is 0.308 e. The number of benzene rings is 6. The molecule has 5 heterocycles. The standard InChI is InChI=1S/C46H29N7/c1-4-16-30(17-5-1)45-50-41-39-33-22-10-12-25-37(33)51(31-18-6-2-7-19-31)42(39)40-34-23-11-13-26-38(34)53(43(40)44(41)52(45)32-20-8-3-9-21-32)46-48-29-27-36(49-46)35-24-14-15-28-47-35/h1-29H. The monoisotopic (exact) mass is 679 g/mol. The van der Waals surface area contributed by atoms with Crippen molar-refractivity contribution in [2.45, 2.75) is 0 Å². The maximum absolute atomic E-state index is 5.65. The van der Waals surface area contributed by atoms with Crippen molar-refractivity contribution in [1.29, 1.82) is 0 Å². The second-order valence-corrected chi connectivity index (χ2v) is 13.1. The molecule has 0 unspecified atom stereocenters. The number of para-hydroxylation sites is 4. The molecule has 11 aromatic rings. The highest BCUT2D eigenvalue weighted by Crippen LogP contribution is 2.48. The zero-order valence-electron chi connectivity index (χ0n) is 28.4. The molecule has 0 radical (unpaired) electrons. The van der Waals surface area contributed by atoms with Crippen LogP contribution in [0.25, 0.3) is 94.7 Å². The van der Waals surface area contributed by atoms with E-state index in [-0.39, 0.29) is 0 Å². The molecule has 53 heavy (non-hydrogen) atoms. The number of hydrogen-bond acceptors (Lipinski definition) is 4. The summed E-state index contributed by atoms with van der Waals surface area (Å²) in [5.41, 5.74) is 10.7. The average molecular weight is 680 g/mol. The second-order valence-electron chi connectivity index (χ2n) is 13.1. The van der Waals surface area contributed by atoms with Crippen LogP contribution in [-0.2, 0) is 0 Å². The quantitative estimate of drug-likeness (QED) is 0.182. The molecule has 0 atom stereocenters. The molecule has 0 bridgehead atoms. The van der Waals surface area contributed by atoms with Gasteiger partial charge >= 0.3 is 0 Å². The van der Waals surface area contributed by atoms with Crippen LogP contribution >= 0.6 is 0 Å². The minimum absolute atomic E-state index is 0.560. The SMILES string of the molecule is c1ccc(-c2nc3c4c5ccccc5n(-c5ccccc5)c4c4c5ccccc5n(-c5nccc(-c6ccccn6)n5)c4c3n2-c2ccccc2)cc1. The van der Waals surface area contributed by atoms with E-state index < -0.39 is 0 Å². The lowest BCUT2D eigenvalue weighted by Gasteiger charge is -2.14. The highest BCUT2D eigenvalue weighted by molar-refractivity contribution is 6.36. The van der Waals surface area contributed by atoms with Gasteiger partial charge in [-0.15, -0.1) is 0 Å². The zero-order valence-corrected chi connectivity index (χ0v) is 28.4. The zero-order chi connectivity index (χ0) is 34.9. The van der Waals surface area contributed by atoms with E-state index in [1.807, 2.05) is 36.5 Å². The molecule has 6 aromatic carbocycles. The molecule has 7 heteroatoms. The highest BCUT2D eigenvalue weighted by atomic mass is 15.2. The third-order valence-electron chi connectivity index (χ3n) is 10.2. The Morgan fingerprint density at radius 1 is 0.377 bits per heavy atom. The first-order valence-electron chi connectivity index (χ1n) is 17.7. The van der Waals surface area contributed by atoms with Crippen LogP contribution in [0.3, 0.4) is 0 Å². The molecule has 0 saturated carbocycles. The molecule has 0 aliphatic heterocycles. The topological polar surface area (TPSA) is 66.3 Å². The summed E-state index contributed by atoms with van der Waals surface area (Å²) in [6.07, 6.45) is 3.62. The van der Waals surface area contributed by atoms with Crippen molar-refractivity contribution in [2.75, 3.05) is 0 Å². The van der Waals surface area contributed by atoms with Crippen LogP contribution in [0.4, 0.5) is 0 Å². The lowest BCUT2D eigenvalue weighted by atomic mass is 10.1. The van der Waals surface area contributed by atoms with Crippen LogP contribution in [0, 0.1) is 0 Å². The van der Waals surface area contributed by atoms with Gasteiger partial charge in [0.15, 0.2) is 0 Å². The molecule has 5 aromatic heterocycles. The predicted molar refractivity (Wildman–Crippen MR) is 214 cm³/mol. The summed E-state index contributed by atoms with van der Waals surface area (Å²) in [4.78, 5) is 20.5. The molecule has 248 valence electrons. The summed E-state index contributed by atoms with van der Waals surface area (Å²) in [6, 6.07) is 56.7. The van der Waals surface area contributed by atoms with E-state index in [9.17, 15) is 0 Å². The lowest BCUT2D eigenvalue weighted by molar-refractivity contribution is 0.987. The number of rotatable bonds is 5. The van der Waals surface area contributed by atoms with E-state index in [4.69, 9.17) is 15.0 Å². The van der Waals surface area contributed by atoms with E-state index in [0.717, 1.165) is 88.8 Å². The Balaban J connectivity index is 1.44. The first kappa shape index (κ1) is 29.4. The summed E-state index contributed by atoms with van der Waals surface area (Å²) < 4.78 is 6.94. The molecule has 0 aliphatic rings. The minimum atomic E-state index is 0.560. The maximum Gasteiger partial charge on any atom is 0.235 e. The first-order valence-corrected chi connectivity index (χ1v) is 17.7. The van der Waals surface area contributed by atoms with Crippen molar-refractivity contribution in [1.82, 2.24) is 33.6 Å². The molecule has 0 aliphatic carbocycles. The average Bonchev–Trinajstić information content (AvgIpc) is 3.91. The van der Waals surface area contributed by atoms with Gasteiger partial charge in [-0.25, -0.2) is 15.0 Å². The Labute approximate surface area is 303 Å². The Bertz CT molecular complexity index is 3140. The van der Waals surface area contributed by atoms with Gasteiger partial charge in [0.1, 0.15) is 11.3 Å². The maximum atomic E-state index is 5.65. The molecule has 0 saturated heterocycles. The fraction of sp³-hybridized carbons (Fsp3) is 0. The molecule has 0 spiro atoms. The molecular weight excluding hydrogens is 651 g/mol. The summed E-state index contributed by atoms with van der Waals surface area (Å²) in [7, 11) is 0. The van der Waals surface area contributed by atoms with Gasteiger partial charge in [0, 0.05) is 50.9 Å². The Hall–Kier alpha value is -7.38. The van der Waals surface area contributed by atoms with Crippen molar-refractivity contribution in [3.63, 3.8) is 0 Å². The van der Waals surface area contributed by atoms with Crippen LogP contribution < -0.4 is 0 Å². The van der Waals surface area contributed by atoms with Crippen molar-refractivity contribution in [2.24, 2.45) is 0 Å². The Kier molecular flexibility index (Phi) is 6.42. The number of hydrogen-bond donors (Lipinski definition) is 0. The highest BCUT2D eigenvalue weighted by Gasteiger charge is 2.29. The normalized spacial score (nSPS) is 11.8. The lowest BCUT2D eigenvalue weighted by Crippen LogP contribution is -2.04. The van der Waals surface area contributed by atoms with Crippen LogP contribution in [0.1, 0.15) is 0 Å². The van der Waals surface area contributed by atoms with Gasteiger partial charge in [0.05, 0.1) is 39.0 Å². The number of imidazole rings is 1. The number of pyridine rings is 1. The van der Waals surface area contributed by atoms with E-state index in [1.165, 1.54) is 0 Å². The van der Waals surface area contributed by atoms with E-state index in [0.29, 0.717) is 5.95 Å². The van der Waals surface area contributed by atoms with Crippen molar-refractivity contribution < 1.29 is 0 Å². The summed E-state index contributed by atoms with van der Waals surface area (Å²) >= 11 is 0. The van der Waals surface area contributed by atoms with Crippen molar-refractivity contribution in [3.8, 4) is 40.1 Å². The van der Waals surface area contributed by atoms with Gasteiger partial charge in [-0.3, -0.25) is 14.1 Å². The van der Waals surface area contributed by atoms with E-state index >= 15 is 0 Å². The smallest absolute Gasteiger partial charge is 0.235 e. The number of aromatic nitrogens is 7. The summed E-state index contributed by atoms with van der Waals surface area (Å²) in [6.45, 7) is 0.